The molecule has 2 aliphatic rings. The van der Waals surface area contributed by atoms with Crippen LogP contribution in [0.1, 0.15) is 146 Å². The summed E-state index contributed by atoms with van der Waals surface area (Å²) in [5.41, 5.74) is 14.4. The van der Waals surface area contributed by atoms with Crippen molar-refractivity contribution in [3.8, 4) is 22.3 Å². The van der Waals surface area contributed by atoms with Crippen molar-refractivity contribution in [1.82, 2.24) is 10.5 Å². The molecule has 0 bridgehead atoms. The number of nitrogens with one attached hydrogen (secondary N) is 2. The van der Waals surface area contributed by atoms with Crippen molar-refractivity contribution in [2.75, 3.05) is 0 Å². The summed E-state index contributed by atoms with van der Waals surface area (Å²) in [6, 6.07) is 30.8. The fraction of sp³-hybridized carbons (Fsp3) is 0.400. The molecule has 0 heterocycles. The van der Waals surface area contributed by atoms with Gasteiger partial charge >= 0.3 is 359 Å². The van der Waals surface area contributed by atoms with Crippen LogP contribution in [-0.2, 0) is 38.6 Å². The number of fused-ring (bicyclic) bond motifs is 2. The predicted molar refractivity (Wildman–Crippen MR) is 247 cm³/mol. The van der Waals surface area contributed by atoms with Gasteiger partial charge in [0.15, 0.2) is 0 Å². The van der Waals surface area contributed by atoms with Gasteiger partial charge in [-0.25, -0.2) is 0 Å². The summed E-state index contributed by atoms with van der Waals surface area (Å²) in [6.07, 6.45) is 15.1. The van der Waals surface area contributed by atoms with Gasteiger partial charge in [0.1, 0.15) is 0 Å². The molecule has 4 aromatic carbocycles. The zero-order valence-corrected chi connectivity index (χ0v) is 39.5. The molecule has 2 N–H and O–H groups in total. The van der Waals surface area contributed by atoms with E-state index in [1.54, 1.807) is 0 Å². The molecule has 0 radical (unpaired) electrons. The van der Waals surface area contributed by atoms with Crippen molar-refractivity contribution < 1.29 is 25.8 Å². The molecule has 0 saturated heterocycles. The van der Waals surface area contributed by atoms with Gasteiger partial charge in [0.25, 0.3) is 0 Å². The van der Waals surface area contributed by atoms with E-state index < -0.39 is 20.7 Å². The average Bonchev–Trinajstić information content (AvgIpc) is 3.82. The first-order chi connectivity index (χ1) is 28.0. The number of amides is 2. The molecule has 4 nitrogen and oxygen atoms in total. The van der Waals surface area contributed by atoms with E-state index >= 15 is 0 Å². The Morgan fingerprint density at radius 2 is 0.931 bits per heavy atom. The number of carbonyl (C=O) groups excluding carboxylic acids is 2. The van der Waals surface area contributed by atoms with E-state index in [1.807, 2.05) is 13.8 Å². The molecule has 305 valence electrons. The molecule has 6 rings (SSSR count). The van der Waals surface area contributed by atoms with Crippen LogP contribution >= 0.6 is 17.0 Å². The Hall–Kier alpha value is -3.17. The van der Waals surface area contributed by atoms with Gasteiger partial charge in [0.05, 0.1) is 0 Å². The van der Waals surface area contributed by atoms with Crippen LogP contribution in [0.2, 0.25) is 0 Å². The SMILES string of the molecule is CCCCc1ccccc1-c1cccc2c1C=C(CCC)[CH]2[Zr]([Cl])([Cl])([B](NC(=O)CC)NC(=O)CC)[CH]1C(CCC)=Cc2c(-c3ccccc3CCCC)cccc21. The molecule has 2 unspecified atom stereocenters. The van der Waals surface area contributed by atoms with E-state index in [9.17, 15) is 9.59 Å². The van der Waals surface area contributed by atoms with E-state index in [4.69, 9.17) is 17.0 Å². The number of benzene rings is 4. The van der Waals surface area contributed by atoms with Gasteiger partial charge in [0.2, 0.25) is 0 Å². The molecule has 58 heavy (non-hydrogen) atoms. The fourth-order valence-electron chi connectivity index (χ4n) is 9.79. The molecule has 2 atom stereocenters. The van der Waals surface area contributed by atoms with Gasteiger partial charge in [-0.3, -0.25) is 0 Å². The van der Waals surface area contributed by atoms with Crippen LogP contribution in [0.4, 0.5) is 0 Å². The molecule has 8 heteroatoms. The number of hydrogen-bond donors (Lipinski definition) is 2. The van der Waals surface area contributed by atoms with Crippen LogP contribution in [0.3, 0.4) is 0 Å². The van der Waals surface area contributed by atoms with Crippen molar-refractivity contribution in [1.29, 1.82) is 0 Å². The normalized spacial score (nSPS) is 16.4. The van der Waals surface area contributed by atoms with E-state index in [-0.39, 0.29) is 31.9 Å². The Bertz CT molecular complexity index is 2050. The number of unbranched alkanes of at least 4 members (excludes halogenated alkanes) is 2. The third-order valence-corrected chi connectivity index (χ3v) is 32.4. The summed E-state index contributed by atoms with van der Waals surface area (Å²) in [4.78, 5) is 27.5. The second-order valence-corrected chi connectivity index (χ2v) is 37.9. The van der Waals surface area contributed by atoms with Crippen LogP contribution in [0.15, 0.2) is 96.1 Å². The quantitative estimate of drug-likeness (QED) is 0.0922. The Morgan fingerprint density at radius 1 is 0.534 bits per heavy atom. The van der Waals surface area contributed by atoms with Crippen molar-refractivity contribution in [2.45, 2.75) is 126 Å². The van der Waals surface area contributed by atoms with Crippen molar-refractivity contribution in [3.63, 3.8) is 0 Å². The molecule has 2 aliphatic carbocycles. The third kappa shape index (κ3) is 8.55. The number of hydrogen-bond acceptors (Lipinski definition) is 2. The maximum absolute atomic E-state index is 13.8. The van der Waals surface area contributed by atoms with Crippen molar-refractivity contribution >= 4 is 45.5 Å². The van der Waals surface area contributed by atoms with Gasteiger partial charge in [-0.15, -0.1) is 0 Å². The maximum atomic E-state index is 13.8. The number of carbonyl (C=O) groups is 2. The topological polar surface area (TPSA) is 58.2 Å². The summed E-state index contributed by atoms with van der Waals surface area (Å²) >= 11 is -5.99. The summed E-state index contributed by atoms with van der Waals surface area (Å²) in [7, 11) is 17.9. The Kier molecular flexibility index (Phi) is 14.9. The van der Waals surface area contributed by atoms with Crippen LogP contribution in [0.5, 0.6) is 0 Å². The van der Waals surface area contributed by atoms with Crippen LogP contribution in [0.25, 0.3) is 34.4 Å². The zero-order valence-electron chi connectivity index (χ0n) is 35.5. The minimum absolute atomic E-state index is 0.182. The summed E-state index contributed by atoms with van der Waals surface area (Å²) < 4.78 is -1.69. The Morgan fingerprint density at radius 3 is 1.31 bits per heavy atom. The Balaban J connectivity index is 1.68. The number of allylic oxidation sites excluding steroid dienone is 2. The second-order valence-electron chi connectivity index (χ2n) is 16.4. The van der Waals surface area contributed by atoms with Crippen molar-refractivity contribution in [3.05, 3.63) is 129 Å². The molecule has 0 aromatic heterocycles. The summed E-state index contributed by atoms with van der Waals surface area (Å²) in [6.45, 7) is 12.6. The number of rotatable bonds is 19. The predicted octanol–water partition coefficient (Wildman–Crippen LogP) is 13.9. The molecular formula is C50H62BCl2N2O2Zr. The first-order valence-electron chi connectivity index (χ1n) is 22.0. The molecule has 0 aliphatic heterocycles. The van der Waals surface area contributed by atoms with Crippen LogP contribution in [0, 0.1) is 0 Å². The van der Waals surface area contributed by atoms with Crippen LogP contribution in [-0.4, -0.2) is 16.3 Å². The number of halogens is 2. The van der Waals surface area contributed by atoms with Gasteiger partial charge in [-0.1, -0.05) is 0 Å². The molecule has 4 aromatic rings. The first-order valence-corrected chi connectivity index (χ1v) is 32.6. The van der Waals surface area contributed by atoms with E-state index in [0.717, 1.165) is 86.5 Å². The average molecular weight is 896 g/mol. The van der Waals surface area contributed by atoms with E-state index in [0.29, 0.717) is 0 Å². The van der Waals surface area contributed by atoms with Gasteiger partial charge < -0.3 is 0 Å². The van der Waals surface area contributed by atoms with Gasteiger partial charge in [-0.2, -0.15) is 0 Å². The van der Waals surface area contributed by atoms with E-state index in [2.05, 4.69) is 135 Å². The first kappa shape index (κ1) is 44.4. The van der Waals surface area contributed by atoms with E-state index in [1.165, 1.54) is 44.5 Å². The molecule has 0 spiro atoms. The monoisotopic (exact) mass is 893 g/mol. The second kappa shape index (κ2) is 19.5. The fourth-order valence-corrected chi connectivity index (χ4v) is 30.5. The van der Waals surface area contributed by atoms with Crippen molar-refractivity contribution in [2.24, 2.45) is 0 Å². The summed E-state index contributed by atoms with van der Waals surface area (Å²) in [5.74, 6) is -0.363. The summed E-state index contributed by atoms with van der Waals surface area (Å²) in [5, 5.41) is 6.63. The van der Waals surface area contributed by atoms with Gasteiger partial charge in [0, 0.05) is 0 Å². The molecular weight excluding hydrogens is 834 g/mol. The molecule has 0 saturated carbocycles. The molecule has 2 amide bonds. The Labute approximate surface area is 356 Å². The standard InChI is InChI=1S/2C22H25.C6H11BN2O2.2ClH.Zr/c2*1-3-5-10-18-11-6-7-13-20(18)21-14-8-12-19-15-17(9-4-2)16-22(19)21;1-3-5(10)8-7-9-6(11)4-2;;;/h2*6-8,11-16H,3-5,9-10H2,1-2H3;3-4H2,1-2H3,(H-,8,9,10,11);2*1H;/q;;;;;+1/p-1. The number of aryl methyl sites for hydroxylation is 2. The van der Waals surface area contributed by atoms with Crippen LogP contribution < -0.4 is 10.5 Å². The third-order valence-electron chi connectivity index (χ3n) is 12.5. The van der Waals surface area contributed by atoms with Gasteiger partial charge in [-0.05, 0) is 0 Å². The minimum atomic E-state index is -5.99. The molecule has 0 fully saturated rings. The zero-order chi connectivity index (χ0) is 41.5.